The third-order valence-corrected chi connectivity index (χ3v) is 2.98. The highest BCUT2D eigenvalue weighted by Crippen LogP contribution is 2.28. The van der Waals surface area contributed by atoms with Gasteiger partial charge in [-0.2, -0.15) is 0 Å². The number of amides is 1. The number of hydrogen-bond donors (Lipinski definition) is 0. The summed E-state index contributed by atoms with van der Waals surface area (Å²) in [5.41, 5.74) is 1.06. The fourth-order valence-corrected chi connectivity index (χ4v) is 1.87. The van der Waals surface area contributed by atoms with Crippen molar-refractivity contribution in [1.29, 1.82) is 0 Å². The molecule has 0 aliphatic heterocycles. The third kappa shape index (κ3) is 2.54. The molecule has 0 heterocycles. The quantitative estimate of drug-likeness (QED) is 0.732. The van der Waals surface area contributed by atoms with E-state index < -0.39 is 0 Å². The normalized spacial score (nSPS) is 14.5. The maximum absolute atomic E-state index is 13.1. The number of rotatable bonds is 4. The summed E-state index contributed by atoms with van der Waals surface area (Å²) in [4.78, 5) is 14.0. The van der Waals surface area contributed by atoms with Gasteiger partial charge in [-0.1, -0.05) is 6.08 Å². The Morgan fingerprint density at radius 1 is 1.59 bits per heavy atom. The predicted octanol–water partition coefficient (Wildman–Crippen LogP) is 2.92. The number of halogens is 1. The molecule has 2 rings (SSSR count). The van der Waals surface area contributed by atoms with E-state index in [-0.39, 0.29) is 11.7 Å². The summed E-state index contributed by atoms with van der Waals surface area (Å²) in [6.07, 6.45) is 3.84. The van der Waals surface area contributed by atoms with Gasteiger partial charge in [0.15, 0.2) is 0 Å². The van der Waals surface area contributed by atoms with E-state index in [2.05, 4.69) is 6.58 Å². The molecule has 1 aromatic rings. The molecule has 0 radical (unpaired) electrons. The molecule has 0 N–H and O–H groups in total. The zero-order chi connectivity index (χ0) is 12.4. The Morgan fingerprint density at radius 2 is 2.29 bits per heavy atom. The van der Waals surface area contributed by atoms with Crippen LogP contribution >= 0.6 is 0 Å². The van der Waals surface area contributed by atoms with Gasteiger partial charge in [0.1, 0.15) is 5.82 Å². The lowest BCUT2D eigenvalue weighted by Gasteiger charge is -2.20. The summed E-state index contributed by atoms with van der Waals surface area (Å²) in [6, 6.07) is 4.84. The number of nitrogens with zero attached hydrogens (tertiary/aromatic N) is 1. The fraction of sp³-hybridized carbons (Fsp3) is 0.357. The molecule has 0 aromatic heterocycles. The zero-order valence-corrected chi connectivity index (χ0v) is 9.95. The summed E-state index contributed by atoms with van der Waals surface area (Å²) >= 11 is 0. The second kappa shape index (κ2) is 4.70. The van der Waals surface area contributed by atoms with Crippen LogP contribution in [-0.2, 0) is 0 Å². The summed E-state index contributed by atoms with van der Waals surface area (Å²) < 4.78 is 13.1. The molecule has 1 saturated carbocycles. The lowest BCUT2D eigenvalue weighted by Crippen LogP contribution is -2.33. The van der Waals surface area contributed by atoms with Crippen LogP contribution in [0.1, 0.15) is 28.8 Å². The van der Waals surface area contributed by atoms with Crippen molar-refractivity contribution >= 4 is 5.91 Å². The van der Waals surface area contributed by atoms with E-state index in [1.54, 1.807) is 30.0 Å². The molecule has 1 aliphatic rings. The van der Waals surface area contributed by atoms with Gasteiger partial charge < -0.3 is 4.90 Å². The van der Waals surface area contributed by atoms with E-state index in [4.69, 9.17) is 0 Å². The maximum atomic E-state index is 13.1. The molecule has 90 valence electrons. The SMILES string of the molecule is C=CCN(C(=O)c1ccc(F)c(C)c1)C1CC1. The Hall–Kier alpha value is -1.64. The van der Waals surface area contributed by atoms with Crippen LogP contribution in [0.4, 0.5) is 4.39 Å². The average Bonchev–Trinajstić information content (AvgIpc) is 3.13. The molecule has 3 heteroatoms. The van der Waals surface area contributed by atoms with Gasteiger partial charge in [-0.15, -0.1) is 6.58 Å². The second-order valence-electron chi connectivity index (χ2n) is 4.44. The summed E-state index contributed by atoms with van der Waals surface area (Å²) in [5, 5.41) is 0. The first-order chi connectivity index (χ1) is 8.13. The van der Waals surface area contributed by atoms with Crippen LogP contribution in [0.25, 0.3) is 0 Å². The van der Waals surface area contributed by atoms with Crippen molar-refractivity contribution in [2.75, 3.05) is 6.54 Å². The first kappa shape index (κ1) is 11.8. The Labute approximate surface area is 101 Å². The molecule has 17 heavy (non-hydrogen) atoms. The highest BCUT2D eigenvalue weighted by molar-refractivity contribution is 5.94. The molecule has 0 saturated heterocycles. The maximum Gasteiger partial charge on any atom is 0.254 e. The smallest absolute Gasteiger partial charge is 0.254 e. The van der Waals surface area contributed by atoms with E-state index in [0.717, 1.165) is 12.8 Å². The van der Waals surface area contributed by atoms with Gasteiger partial charge >= 0.3 is 0 Å². The standard InChI is InChI=1S/C14H16FNO/c1-3-8-16(12-5-6-12)14(17)11-4-7-13(15)10(2)9-11/h3-4,7,9,12H,1,5-6,8H2,2H3. The minimum absolute atomic E-state index is 0.0319. The minimum atomic E-state index is -0.275. The van der Waals surface area contributed by atoms with E-state index in [1.807, 2.05) is 0 Å². The molecule has 1 amide bonds. The van der Waals surface area contributed by atoms with E-state index in [9.17, 15) is 9.18 Å². The van der Waals surface area contributed by atoms with Crippen LogP contribution in [-0.4, -0.2) is 23.4 Å². The molecule has 1 aliphatic carbocycles. The van der Waals surface area contributed by atoms with Crippen LogP contribution in [0.2, 0.25) is 0 Å². The Balaban J connectivity index is 2.21. The predicted molar refractivity (Wildman–Crippen MR) is 65.4 cm³/mol. The fourth-order valence-electron chi connectivity index (χ4n) is 1.87. The van der Waals surface area contributed by atoms with Crippen molar-refractivity contribution < 1.29 is 9.18 Å². The first-order valence-corrected chi connectivity index (χ1v) is 5.81. The molecule has 1 aromatic carbocycles. The number of carbonyl (C=O) groups is 1. The average molecular weight is 233 g/mol. The lowest BCUT2D eigenvalue weighted by atomic mass is 10.1. The monoisotopic (exact) mass is 233 g/mol. The Bertz CT molecular complexity index is 452. The molecular weight excluding hydrogens is 217 g/mol. The molecule has 0 unspecified atom stereocenters. The summed E-state index contributed by atoms with van der Waals surface area (Å²) in [7, 11) is 0. The highest BCUT2D eigenvalue weighted by Gasteiger charge is 2.32. The van der Waals surface area contributed by atoms with Gasteiger partial charge in [-0.25, -0.2) is 4.39 Å². The topological polar surface area (TPSA) is 20.3 Å². The lowest BCUT2D eigenvalue weighted by molar-refractivity contribution is 0.0762. The van der Waals surface area contributed by atoms with Crippen molar-refractivity contribution in [3.63, 3.8) is 0 Å². The van der Waals surface area contributed by atoms with Gasteiger partial charge in [0.25, 0.3) is 5.91 Å². The summed E-state index contributed by atoms with van der Waals surface area (Å²) in [5.74, 6) is -0.307. The highest BCUT2D eigenvalue weighted by atomic mass is 19.1. The zero-order valence-electron chi connectivity index (χ0n) is 9.95. The van der Waals surface area contributed by atoms with E-state index in [1.165, 1.54) is 6.07 Å². The van der Waals surface area contributed by atoms with Gasteiger partial charge in [-0.05, 0) is 43.5 Å². The Kier molecular flexibility index (Phi) is 3.27. The van der Waals surface area contributed by atoms with Crippen LogP contribution in [0.15, 0.2) is 30.9 Å². The van der Waals surface area contributed by atoms with Crippen molar-refractivity contribution in [2.45, 2.75) is 25.8 Å². The van der Waals surface area contributed by atoms with Crippen molar-refractivity contribution in [1.82, 2.24) is 4.90 Å². The van der Waals surface area contributed by atoms with Crippen molar-refractivity contribution in [2.24, 2.45) is 0 Å². The third-order valence-electron chi connectivity index (χ3n) is 2.98. The largest absolute Gasteiger partial charge is 0.332 e. The second-order valence-corrected chi connectivity index (χ2v) is 4.44. The van der Waals surface area contributed by atoms with Crippen LogP contribution in [0, 0.1) is 12.7 Å². The molecular formula is C14H16FNO. The summed E-state index contributed by atoms with van der Waals surface area (Å²) in [6.45, 7) is 5.89. The molecule has 2 nitrogen and oxygen atoms in total. The van der Waals surface area contributed by atoms with Crippen molar-refractivity contribution in [3.8, 4) is 0 Å². The van der Waals surface area contributed by atoms with Crippen LogP contribution < -0.4 is 0 Å². The molecule has 1 fully saturated rings. The van der Waals surface area contributed by atoms with Crippen molar-refractivity contribution in [3.05, 3.63) is 47.8 Å². The van der Waals surface area contributed by atoms with E-state index >= 15 is 0 Å². The van der Waals surface area contributed by atoms with E-state index in [0.29, 0.717) is 23.7 Å². The molecule has 0 atom stereocenters. The van der Waals surface area contributed by atoms with Gasteiger partial charge in [0.2, 0.25) is 0 Å². The van der Waals surface area contributed by atoms with Crippen LogP contribution in [0.3, 0.4) is 0 Å². The molecule has 0 spiro atoms. The van der Waals surface area contributed by atoms with Gasteiger partial charge in [0.05, 0.1) is 0 Å². The minimum Gasteiger partial charge on any atom is -0.332 e. The number of hydrogen-bond acceptors (Lipinski definition) is 1. The van der Waals surface area contributed by atoms with Gasteiger partial charge in [-0.3, -0.25) is 4.79 Å². The first-order valence-electron chi connectivity index (χ1n) is 5.81. The number of aryl methyl sites for hydroxylation is 1. The number of benzene rings is 1. The number of carbonyl (C=O) groups excluding carboxylic acids is 1. The Morgan fingerprint density at radius 3 is 2.82 bits per heavy atom. The van der Waals surface area contributed by atoms with Gasteiger partial charge in [0, 0.05) is 18.2 Å². The van der Waals surface area contributed by atoms with Crippen LogP contribution in [0.5, 0.6) is 0 Å². The molecule has 0 bridgehead atoms.